The van der Waals surface area contributed by atoms with Crippen molar-refractivity contribution in [2.75, 3.05) is 7.11 Å². The third-order valence-electron chi connectivity index (χ3n) is 2.57. The molecule has 1 aromatic rings. The van der Waals surface area contributed by atoms with Crippen molar-refractivity contribution in [3.05, 3.63) is 23.3 Å². The number of nitrogens with one attached hydrogen (secondary N) is 1. The molecule has 4 heteroatoms. The second kappa shape index (κ2) is 4.08. The van der Waals surface area contributed by atoms with Gasteiger partial charge in [-0.15, -0.1) is 0 Å². The van der Waals surface area contributed by atoms with E-state index in [4.69, 9.17) is 14.7 Å². The summed E-state index contributed by atoms with van der Waals surface area (Å²) in [4.78, 5) is 0. The molecule has 4 nitrogen and oxygen atoms in total. The van der Waals surface area contributed by atoms with Crippen LogP contribution in [0.1, 0.15) is 18.1 Å². The van der Waals surface area contributed by atoms with Gasteiger partial charge in [-0.25, -0.2) is 5.48 Å². The first kappa shape index (κ1) is 10.3. The Labute approximate surface area is 88.8 Å². The minimum atomic E-state index is 0.224. The van der Waals surface area contributed by atoms with Crippen LogP contribution in [0.4, 0.5) is 0 Å². The highest BCUT2D eigenvalue weighted by atomic mass is 16.5. The molecule has 1 aliphatic rings. The highest BCUT2D eigenvalue weighted by molar-refractivity contribution is 5.48. The molecular formula is C11H15NO3. The lowest BCUT2D eigenvalue weighted by atomic mass is 10.1. The number of ether oxygens (including phenoxy) is 2. The molecule has 2 N–H and O–H groups in total. The van der Waals surface area contributed by atoms with E-state index in [1.54, 1.807) is 7.11 Å². The molecule has 82 valence electrons. The number of methoxy groups -OCH3 is 1. The fourth-order valence-electron chi connectivity index (χ4n) is 1.89. The Morgan fingerprint density at radius 3 is 3.07 bits per heavy atom. The van der Waals surface area contributed by atoms with Crippen LogP contribution < -0.4 is 15.0 Å². The number of fused-ring (bicyclic) bond motifs is 1. The van der Waals surface area contributed by atoms with Crippen molar-refractivity contribution < 1.29 is 14.7 Å². The molecule has 0 aliphatic carbocycles. The van der Waals surface area contributed by atoms with Gasteiger partial charge in [-0.2, -0.15) is 0 Å². The van der Waals surface area contributed by atoms with Gasteiger partial charge in [0, 0.05) is 24.1 Å². The summed E-state index contributed by atoms with van der Waals surface area (Å²) in [6.07, 6.45) is 1.14. The zero-order valence-electron chi connectivity index (χ0n) is 8.91. The second-order valence-corrected chi connectivity index (χ2v) is 3.74. The molecule has 1 aromatic carbocycles. The van der Waals surface area contributed by atoms with Crippen LogP contribution in [0.25, 0.3) is 0 Å². The van der Waals surface area contributed by atoms with Gasteiger partial charge < -0.3 is 14.7 Å². The molecule has 1 atom stereocenters. The summed E-state index contributed by atoms with van der Waals surface area (Å²) in [6.45, 7) is 2.39. The highest BCUT2D eigenvalue weighted by Gasteiger charge is 2.21. The predicted molar refractivity (Wildman–Crippen MR) is 55.4 cm³/mol. The summed E-state index contributed by atoms with van der Waals surface area (Å²) >= 11 is 0. The summed E-state index contributed by atoms with van der Waals surface area (Å²) in [5, 5.41) is 8.69. The molecule has 1 heterocycles. The SMILES string of the molecule is COc1cc2c(cc1CNO)OC(C)C2. The van der Waals surface area contributed by atoms with Crippen LogP contribution in [0.3, 0.4) is 0 Å². The third kappa shape index (κ3) is 1.91. The van der Waals surface area contributed by atoms with Gasteiger partial charge in [-0.05, 0) is 19.1 Å². The molecule has 0 amide bonds. The lowest BCUT2D eigenvalue weighted by Crippen LogP contribution is -2.08. The third-order valence-corrected chi connectivity index (χ3v) is 2.57. The van der Waals surface area contributed by atoms with Crippen LogP contribution in [0.2, 0.25) is 0 Å². The molecule has 0 aromatic heterocycles. The van der Waals surface area contributed by atoms with Crippen molar-refractivity contribution in [1.29, 1.82) is 0 Å². The number of benzene rings is 1. The Bertz CT molecular complexity index is 365. The van der Waals surface area contributed by atoms with E-state index in [1.165, 1.54) is 5.56 Å². The van der Waals surface area contributed by atoms with Crippen LogP contribution in [-0.2, 0) is 13.0 Å². The summed E-state index contributed by atoms with van der Waals surface area (Å²) in [5.41, 5.74) is 4.19. The normalized spacial score (nSPS) is 18.5. The molecule has 2 rings (SSSR count). The average Bonchev–Trinajstić information content (AvgIpc) is 2.56. The first-order chi connectivity index (χ1) is 7.24. The molecule has 1 unspecified atom stereocenters. The lowest BCUT2D eigenvalue weighted by molar-refractivity contribution is 0.160. The van der Waals surface area contributed by atoms with Crippen LogP contribution in [0, 0.1) is 0 Å². The van der Waals surface area contributed by atoms with E-state index in [2.05, 4.69) is 5.48 Å². The Balaban J connectivity index is 2.36. The zero-order valence-corrected chi connectivity index (χ0v) is 8.91. The van der Waals surface area contributed by atoms with E-state index >= 15 is 0 Å². The molecule has 1 aliphatic heterocycles. The van der Waals surface area contributed by atoms with Crippen molar-refractivity contribution >= 4 is 0 Å². The number of hydrogen-bond donors (Lipinski definition) is 2. The van der Waals surface area contributed by atoms with Crippen molar-refractivity contribution in [2.24, 2.45) is 0 Å². The molecule has 15 heavy (non-hydrogen) atoms. The summed E-state index contributed by atoms with van der Waals surface area (Å²) in [7, 11) is 1.63. The Hall–Kier alpha value is -1.26. The molecular weight excluding hydrogens is 194 g/mol. The monoisotopic (exact) mass is 209 g/mol. The predicted octanol–water partition coefficient (Wildman–Crippen LogP) is 1.50. The topological polar surface area (TPSA) is 50.7 Å². The smallest absolute Gasteiger partial charge is 0.123 e. The van der Waals surface area contributed by atoms with Gasteiger partial charge >= 0.3 is 0 Å². The Kier molecular flexibility index (Phi) is 2.79. The molecule has 0 fully saturated rings. The second-order valence-electron chi connectivity index (χ2n) is 3.74. The fourth-order valence-corrected chi connectivity index (χ4v) is 1.89. The zero-order chi connectivity index (χ0) is 10.8. The Morgan fingerprint density at radius 1 is 1.60 bits per heavy atom. The molecule has 0 saturated heterocycles. The van der Waals surface area contributed by atoms with Gasteiger partial charge in [0.15, 0.2) is 0 Å². The quantitative estimate of drug-likeness (QED) is 0.741. The summed E-state index contributed by atoms with van der Waals surface area (Å²) < 4.78 is 10.9. The van der Waals surface area contributed by atoms with Crippen LogP contribution in [0.5, 0.6) is 11.5 Å². The first-order valence-electron chi connectivity index (χ1n) is 4.98. The number of rotatable bonds is 3. The van der Waals surface area contributed by atoms with E-state index < -0.39 is 0 Å². The van der Waals surface area contributed by atoms with Crippen LogP contribution in [-0.4, -0.2) is 18.4 Å². The number of hydrogen-bond acceptors (Lipinski definition) is 4. The van der Waals surface area contributed by atoms with Crippen LogP contribution >= 0.6 is 0 Å². The maximum absolute atomic E-state index is 8.69. The number of hydroxylamine groups is 1. The first-order valence-corrected chi connectivity index (χ1v) is 4.98. The van der Waals surface area contributed by atoms with Gasteiger partial charge in [0.25, 0.3) is 0 Å². The van der Waals surface area contributed by atoms with Gasteiger partial charge in [-0.3, -0.25) is 0 Å². The van der Waals surface area contributed by atoms with Crippen molar-refractivity contribution in [1.82, 2.24) is 5.48 Å². The molecule has 0 saturated carbocycles. The molecule has 0 spiro atoms. The Morgan fingerprint density at radius 2 is 2.40 bits per heavy atom. The maximum Gasteiger partial charge on any atom is 0.123 e. The molecule has 0 radical (unpaired) electrons. The van der Waals surface area contributed by atoms with Crippen molar-refractivity contribution in [3.8, 4) is 11.5 Å². The van der Waals surface area contributed by atoms with Crippen molar-refractivity contribution in [3.63, 3.8) is 0 Å². The lowest BCUT2D eigenvalue weighted by Gasteiger charge is -2.10. The summed E-state index contributed by atoms with van der Waals surface area (Å²) in [5.74, 6) is 1.68. The maximum atomic E-state index is 8.69. The minimum absolute atomic E-state index is 0.224. The minimum Gasteiger partial charge on any atom is -0.496 e. The van der Waals surface area contributed by atoms with Gasteiger partial charge in [-0.1, -0.05) is 0 Å². The summed E-state index contributed by atoms with van der Waals surface area (Å²) in [6, 6.07) is 3.90. The van der Waals surface area contributed by atoms with E-state index in [0.29, 0.717) is 6.54 Å². The largest absolute Gasteiger partial charge is 0.496 e. The fraction of sp³-hybridized carbons (Fsp3) is 0.455. The molecule has 0 bridgehead atoms. The van der Waals surface area contributed by atoms with Gasteiger partial charge in [0.1, 0.15) is 17.6 Å². The van der Waals surface area contributed by atoms with Gasteiger partial charge in [0.2, 0.25) is 0 Å². The van der Waals surface area contributed by atoms with Gasteiger partial charge in [0.05, 0.1) is 7.11 Å². The average molecular weight is 209 g/mol. The standard InChI is InChI=1S/C11H15NO3/c1-7-3-8-4-10(14-2)9(6-12-13)5-11(8)15-7/h4-5,7,12-13H,3,6H2,1-2H3. The van der Waals surface area contributed by atoms with Crippen LogP contribution in [0.15, 0.2) is 12.1 Å². The van der Waals surface area contributed by atoms with Crippen molar-refractivity contribution in [2.45, 2.75) is 26.0 Å². The van der Waals surface area contributed by atoms with E-state index in [9.17, 15) is 0 Å². The van der Waals surface area contributed by atoms with E-state index in [-0.39, 0.29) is 6.10 Å². The van der Waals surface area contributed by atoms with E-state index in [1.807, 2.05) is 19.1 Å². The van der Waals surface area contributed by atoms with E-state index in [0.717, 1.165) is 23.5 Å². The highest BCUT2D eigenvalue weighted by Crippen LogP contribution is 2.34.